The Morgan fingerprint density at radius 3 is 2.18 bits per heavy atom. The van der Waals surface area contributed by atoms with Crippen LogP contribution in [0.15, 0.2) is 46.1 Å². The van der Waals surface area contributed by atoms with Crippen LogP contribution in [0.3, 0.4) is 0 Å². The maximum atomic E-state index is 13.2. The van der Waals surface area contributed by atoms with Crippen LogP contribution in [0, 0.1) is 6.92 Å². The van der Waals surface area contributed by atoms with Crippen molar-refractivity contribution >= 4 is 17.9 Å². The number of hydrazone groups is 1. The Morgan fingerprint density at radius 2 is 1.66 bits per heavy atom. The van der Waals surface area contributed by atoms with Gasteiger partial charge in [0.1, 0.15) is 11.4 Å². The van der Waals surface area contributed by atoms with Crippen molar-refractivity contribution in [1.29, 1.82) is 0 Å². The average Bonchev–Trinajstić information content (AvgIpc) is 3.45. The number of aryl methyl sites for hydroxylation is 1. The van der Waals surface area contributed by atoms with Gasteiger partial charge in [0, 0.05) is 16.7 Å². The summed E-state index contributed by atoms with van der Waals surface area (Å²) in [6, 6.07) is 11.2. The van der Waals surface area contributed by atoms with Crippen molar-refractivity contribution in [3.8, 4) is 22.8 Å². The average molecular weight is 517 g/mol. The first-order valence-electron chi connectivity index (χ1n) is 12.1. The van der Waals surface area contributed by atoms with Crippen molar-refractivity contribution < 1.29 is 14.5 Å². The van der Waals surface area contributed by atoms with E-state index in [1.54, 1.807) is 0 Å². The number of aromatic hydroxyl groups is 1. The van der Waals surface area contributed by atoms with Gasteiger partial charge in [-0.25, -0.2) is 10.1 Å². The van der Waals surface area contributed by atoms with Gasteiger partial charge in [0.2, 0.25) is 11.6 Å². The maximum absolute atomic E-state index is 13.2. The number of carbonyl (C=O) groups is 1. The van der Waals surface area contributed by atoms with E-state index in [2.05, 4.69) is 31.2 Å². The van der Waals surface area contributed by atoms with Crippen molar-refractivity contribution in [3.05, 3.63) is 64.3 Å². The number of phenols is 1. The van der Waals surface area contributed by atoms with Gasteiger partial charge in [-0.1, -0.05) is 76.6 Å². The lowest BCUT2D eigenvalue weighted by Gasteiger charge is -2.27. The van der Waals surface area contributed by atoms with Crippen LogP contribution in [-0.4, -0.2) is 42.5 Å². The van der Waals surface area contributed by atoms with E-state index in [4.69, 9.17) is 10.4 Å². The highest BCUT2D eigenvalue weighted by molar-refractivity contribution is 5.98. The van der Waals surface area contributed by atoms with Crippen LogP contribution in [-0.2, 0) is 10.8 Å². The zero-order chi connectivity index (χ0) is 27.8. The van der Waals surface area contributed by atoms with E-state index in [-0.39, 0.29) is 33.9 Å². The molecular weight excluding hydrogens is 484 g/mol. The molecule has 0 aliphatic rings. The second-order valence-corrected chi connectivity index (χ2v) is 11.2. The molecule has 2 heterocycles. The summed E-state index contributed by atoms with van der Waals surface area (Å²) in [7, 11) is 0. The van der Waals surface area contributed by atoms with Gasteiger partial charge in [-0.3, -0.25) is 4.79 Å². The summed E-state index contributed by atoms with van der Waals surface area (Å²) in [6.07, 6.45) is 1.54. The Morgan fingerprint density at radius 1 is 1.05 bits per heavy atom. The SMILES string of the molecule is Cc1ccc(-c2c(C(=O)N/N=C/c3cc(C(C)(C)C)c(O)c(C(C)(C)C)c3)nnn2-c2nonc2N)cc1. The molecule has 0 fully saturated rings. The molecular formula is C27H32N8O3. The first kappa shape index (κ1) is 26.5. The largest absolute Gasteiger partial charge is 0.507 e. The second-order valence-electron chi connectivity index (χ2n) is 11.2. The van der Waals surface area contributed by atoms with Crippen LogP contribution in [0.4, 0.5) is 5.82 Å². The number of hydrogen-bond acceptors (Lipinski definition) is 9. The molecule has 1 amide bonds. The van der Waals surface area contributed by atoms with E-state index < -0.39 is 5.91 Å². The van der Waals surface area contributed by atoms with Crippen LogP contribution in [0.2, 0.25) is 0 Å². The highest BCUT2D eigenvalue weighted by atomic mass is 16.6. The molecule has 4 N–H and O–H groups in total. The molecule has 0 aliphatic heterocycles. The number of carbonyl (C=O) groups excluding carboxylic acids is 1. The molecule has 11 nitrogen and oxygen atoms in total. The zero-order valence-corrected chi connectivity index (χ0v) is 22.6. The monoisotopic (exact) mass is 516 g/mol. The number of nitrogen functional groups attached to an aromatic ring is 1. The minimum absolute atomic E-state index is 0.00451. The van der Waals surface area contributed by atoms with Gasteiger partial charge >= 0.3 is 0 Å². The minimum Gasteiger partial charge on any atom is -0.507 e. The summed E-state index contributed by atoms with van der Waals surface area (Å²) in [6.45, 7) is 14.2. The summed E-state index contributed by atoms with van der Waals surface area (Å²) in [5.74, 6) is -0.190. The Kier molecular flexibility index (Phi) is 6.79. The minimum atomic E-state index is -0.580. The summed E-state index contributed by atoms with van der Waals surface area (Å²) >= 11 is 0. The molecule has 2 aromatic heterocycles. The van der Waals surface area contributed by atoms with Crippen LogP contribution in [0.5, 0.6) is 5.75 Å². The smallest absolute Gasteiger partial charge is 0.294 e. The third-order valence-electron chi connectivity index (χ3n) is 6.03. The molecule has 0 unspecified atom stereocenters. The summed E-state index contributed by atoms with van der Waals surface area (Å²) in [5.41, 5.74) is 12.2. The van der Waals surface area contributed by atoms with Gasteiger partial charge in [0.05, 0.1) is 6.21 Å². The van der Waals surface area contributed by atoms with E-state index in [0.29, 0.717) is 11.3 Å². The van der Waals surface area contributed by atoms with Crippen molar-refractivity contribution in [2.24, 2.45) is 5.10 Å². The fourth-order valence-electron chi connectivity index (χ4n) is 3.98. The van der Waals surface area contributed by atoms with Gasteiger partial charge in [0.15, 0.2) is 5.69 Å². The van der Waals surface area contributed by atoms with Crippen LogP contribution in [0.25, 0.3) is 17.1 Å². The number of hydrogen-bond donors (Lipinski definition) is 3. The summed E-state index contributed by atoms with van der Waals surface area (Å²) < 4.78 is 6.02. The molecule has 0 bridgehead atoms. The molecule has 0 saturated carbocycles. The molecule has 4 rings (SSSR count). The molecule has 0 atom stereocenters. The summed E-state index contributed by atoms with van der Waals surface area (Å²) in [5, 5.41) is 30.7. The Hall–Kier alpha value is -4.54. The Bertz CT molecular complexity index is 1470. The normalized spacial score (nSPS) is 12.3. The van der Waals surface area contributed by atoms with Gasteiger partial charge in [-0.2, -0.15) is 9.78 Å². The Labute approximate surface area is 220 Å². The van der Waals surface area contributed by atoms with Crippen molar-refractivity contribution in [1.82, 2.24) is 30.7 Å². The highest BCUT2D eigenvalue weighted by Gasteiger charge is 2.27. The number of nitrogens with two attached hydrogens (primary N) is 1. The second kappa shape index (κ2) is 9.73. The van der Waals surface area contributed by atoms with E-state index in [1.165, 1.54) is 10.9 Å². The van der Waals surface area contributed by atoms with E-state index in [9.17, 15) is 9.90 Å². The molecule has 0 spiro atoms. The van der Waals surface area contributed by atoms with E-state index in [1.807, 2.05) is 84.9 Å². The van der Waals surface area contributed by atoms with Gasteiger partial charge < -0.3 is 10.8 Å². The fraction of sp³-hybridized carbons (Fsp3) is 0.333. The first-order chi connectivity index (χ1) is 17.8. The number of anilines is 1. The molecule has 0 saturated heterocycles. The number of rotatable bonds is 5. The molecule has 2 aromatic carbocycles. The predicted molar refractivity (Wildman–Crippen MR) is 144 cm³/mol. The van der Waals surface area contributed by atoms with Crippen LogP contribution >= 0.6 is 0 Å². The fourth-order valence-corrected chi connectivity index (χ4v) is 3.98. The number of aromatic nitrogens is 5. The van der Waals surface area contributed by atoms with Crippen molar-refractivity contribution in [2.45, 2.75) is 59.3 Å². The third-order valence-corrected chi connectivity index (χ3v) is 6.03. The quantitative estimate of drug-likeness (QED) is 0.262. The molecule has 11 heteroatoms. The topological polar surface area (TPSA) is 157 Å². The number of nitrogens with one attached hydrogen (secondary N) is 1. The Balaban J connectivity index is 1.69. The zero-order valence-electron chi connectivity index (χ0n) is 22.6. The number of phenolic OH excluding ortho intramolecular Hbond substituents is 1. The molecule has 198 valence electrons. The first-order valence-corrected chi connectivity index (χ1v) is 12.1. The predicted octanol–water partition coefficient (Wildman–Crippen LogP) is 4.27. The number of nitrogens with zero attached hydrogens (tertiary/aromatic N) is 6. The molecule has 0 aliphatic carbocycles. The highest BCUT2D eigenvalue weighted by Crippen LogP contribution is 2.39. The number of benzene rings is 2. The van der Waals surface area contributed by atoms with Gasteiger partial charge in [0.25, 0.3) is 5.91 Å². The molecule has 38 heavy (non-hydrogen) atoms. The van der Waals surface area contributed by atoms with Gasteiger partial charge in [-0.05, 0) is 45.8 Å². The van der Waals surface area contributed by atoms with Crippen LogP contribution in [0.1, 0.15) is 74.3 Å². The third kappa shape index (κ3) is 5.26. The lowest BCUT2D eigenvalue weighted by atomic mass is 9.78. The van der Waals surface area contributed by atoms with E-state index >= 15 is 0 Å². The van der Waals surface area contributed by atoms with Crippen molar-refractivity contribution in [2.75, 3.05) is 5.73 Å². The molecule has 0 radical (unpaired) electrons. The lowest BCUT2D eigenvalue weighted by molar-refractivity contribution is 0.0950. The maximum Gasteiger partial charge on any atom is 0.294 e. The van der Waals surface area contributed by atoms with Crippen molar-refractivity contribution in [3.63, 3.8) is 0 Å². The molecule has 4 aromatic rings. The van der Waals surface area contributed by atoms with E-state index in [0.717, 1.165) is 22.3 Å². The van der Waals surface area contributed by atoms with Gasteiger partial charge in [-0.15, -0.1) is 5.10 Å². The van der Waals surface area contributed by atoms with Crippen LogP contribution < -0.4 is 11.2 Å². The standard InChI is InChI=1S/C27H32N8O3/c1-15-8-10-17(11-9-15)21-20(30-34-35(21)24-23(28)32-38-33-24)25(37)31-29-14-16-12-18(26(2,3)4)22(36)19(13-16)27(5,6)7/h8-14,36H,1-7H3,(H2,28,32)(H,31,37)/b29-14+. The lowest BCUT2D eigenvalue weighted by Crippen LogP contribution is -2.20. The number of amides is 1. The summed E-state index contributed by atoms with van der Waals surface area (Å²) in [4.78, 5) is 13.2.